The van der Waals surface area contributed by atoms with E-state index in [0.717, 1.165) is 0 Å². The van der Waals surface area contributed by atoms with Crippen LogP contribution >= 0.6 is 0 Å². The van der Waals surface area contributed by atoms with Gasteiger partial charge in [0.2, 0.25) is 15.8 Å². The highest BCUT2D eigenvalue weighted by molar-refractivity contribution is 7.89. The van der Waals surface area contributed by atoms with Crippen molar-refractivity contribution in [2.24, 2.45) is 5.92 Å². The van der Waals surface area contributed by atoms with Crippen LogP contribution in [0.15, 0.2) is 26.2 Å². The Balaban J connectivity index is 1.67. The SMILES string of the molecule is COC(=O)c1occc1COC(=O)C1CCCN(S(=O)(=O)c2c(C)noc2C)C1. The second kappa shape index (κ2) is 8.37. The van der Waals surface area contributed by atoms with Gasteiger partial charge in [0.05, 0.1) is 19.3 Å². The molecule has 10 nitrogen and oxygen atoms in total. The van der Waals surface area contributed by atoms with E-state index in [0.29, 0.717) is 24.9 Å². The first-order valence-electron chi connectivity index (χ1n) is 9.00. The summed E-state index contributed by atoms with van der Waals surface area (Å²) < 4.78 is 47.1. The lowest BCUT2D eigenvalue weighted by molar-refractivity contribution is -0.151. The van der Waals surface area contributed by atoms with Crippen molar-refractivity contribution in [1.82, 2.24) is 9.46 Å². The van der Waals surface area contributed by atoms with Gasteiger partial charge in [-0.3, -0.25) is 4.79 Å². The van der Waals surface area contributed by atoms with Gasteiger partial charge in [0, 0.05) is 18.7 Å². The predicted molar refractivity (Wildman–Crippen MR) is 97.3 cm³/mol. The maximum atomic E-state index is 13.0. The largest absolute Gasteiger partial charge is 0.463 e. The Bertz CT molecular complexity index is 987. The molecule has 0 bridgehead atoms. The van der Waals surface area contributed by atoms with Crippen molar-refractivity contribution in [1.29, 1.82) is 0 Å². The molecule has 1 aliphatic heterocycles. The van der Waals surface area contributed by atoms with E-state index in [4.69, 9.17) is 13.7 Å². The zero-order valence-electron chi connectivity index (χ0n) is 16.3. The highest BCUT2D eigenvalue weighted by Gasteiger charge is 2.37. The van der Waals surface area contributed by atoms with Crippen molar-refractivity contribution >= 4 is 22.0 Å². The van der Waals surface area contributed by atoms with Crippen molar-refractivity contribution in [2.45, 2.75) is 38.2 Å². The zero-order valence-corrected chi connectivity index (χ0v) is 17.2. The molecule has 0 radical (unpaired) electrons. The van der Waals surface area contributed by atoms with Crippen molar-refractivity contribution in [3.8, 4) is 0 Å². The third kappa shape index (κ3) is 4.20. The molecule has 0 aromatic carbocycles. The van der Waals surface area contributed by atoms with Crippen molar-refractivity contribution in [3.63, 3.8) is 0 Å². The Kier molecular flexibility index (Phi) is 6.08. The number of methoxy groups -OCH3 is 1. The summed E-state index contributed by atoms with van der Waals surface area (Å²) in [6, 6.07) is 1.51. The van der Waals surface area contributed by atoms with Crippen LogP contribution in [0.2, 0.25) is 0 Å². The molecule has 0 amide bonds. The van der Waals surface area contributed by atoms with Gasteiger partial charge in [-0.1, -0.05) is 5.16 Å². The van der Waals surface area contributed by atoms with E-state index in [1.54, 1.807) is 6.92 Å². The first-order chi connectivity index (χ1) is 13.8. The summed E-state index contributed by atoms with van der Waals surface area (Å²) in [7, 11) is -2.61. The Morgan fingerprint density at radius 2 is 2.10 bits per heavy atom. The molecule has 2 aromatic heterocycles. The Morgan fingerprint density at radius 3 is 2.76 bits per heavy atom. The normalized spacial score (nSPS) is 17.8. The lowest BCUT2D eigenvalue weighted by Crippen LogP contribution is -2.43. The highest BCUT2D eigenvalue weighted by atomic mass is 32.2. The molecule has 0 N–H and O–H groups in total. The molecule has 0 spiro atoms. The second-order valence-electron chi connectivity index (χ2n) is 6.73. The van der Waals surface area contributed by atoms with E-state index in [1.165, 1.54) is 30.7 Å². The number of furan rings is 1. The number of aromatic nitrogens is 1. The van der Waals surface area contributed by atoms with Crippen molar-refractivity contribution in [3.05, 3.63) is 35.1 Å². The van der Waals surface area contributed by atoms with Crippen LogP contribution in [-0.4, -0.2) is 50.0 Å². The van der Waals surface area contributed by atoms with Crippen LogP contribution in [-0.2, 0) is 30.9 Å². The topological polar surface area (TPSA) is 129 Å². The number of carbonyl (C=O) groups excluding carboxylic acids is 2. The number of sulfonamides is 1. The summed E-state index contributed by atoms with van der Waals surface area (Å²) in [5, 5.41) is 3.70. The maximum absolute atomic E-state index is 13.0. The fraction of sp³-hybridized carbons (Fsp3) is 0.500. The molecule has 1 unspecified atom stereocenters. The summed E-state index contributed by atoms with van der Waals surface area (Å²) in [6.07, 6.45) is 2.32. The molecule has 1 aliphatic rings. The molecule has 1 saturated heterocycles. The van der Waals surface area contributed by atoms with Crippen LogP contribution < -0.4 is 0 Å². The molecule has 3 rings (SSSR count). The summed E-state index contributed by atoms with van der Waals surface area (Å²) >= 11 is 0. The van der Waals surface area contributed by atoms with Crippen LogP contribution in [0.5, 0.6) is 0 Å². The molecular weight excluding hydrogens is 404 g/mol. The maximum Gasteiger partial charge on any atom is 0.374 e. The van der Waals surface area contributed by atoms with Crippen LogP contribution in [0.3, 0.4) is 0 Å². The number of aryl methyl sites for hydroxylation is 2. The van der Waals surface area contributed by atoms with E-state index in [2.05, 4.69) is 9.89 Å². The highest BCUT2D eigenvalue weighted by Crippen LogP contribution is 2.28. The van der Waals surface area contributed by atoms with E-state index < -0.39 is 27.9 Å². The molecule has 11 heteroatoms. The van der Waals surface area contributed by atoms with Gasteiger partial charge in [0.25, 0.3) is 0 Å². The molecule has 2 aromatic rings. The molecule has 0 aliphatic carbocycles. The minimum Gasteiger partial charge on any atom is -0.463 e. The number of ether oxygens (including phenoxy) is 2. The molecular formula is C18H22N2O8S. The summed E-state index contributed by atoms with van der Waals surface area (Å²) in [5.74, 6) is -1.65. The van der Waals surface area contributed by atoms with E-state index in [-0.39, 0.29) is 35.3 Å². The summed E-state index contributed by atoms with van der Waals surface area (Å²) in [6.45, 7) is 3.22. The second-order valence-corrected chi connectivity index (χ2v) is 8.60. The quantitative estimate of drug-likeness (QED) is 0.635. The van der Waals surface area contributed by atoms with Gasteiger partial charge >= 0.3 is 11.9 Å². The van der Waals surface area contributed by atoms with Crippen LogP contribution in [0, 0.1) is 19.8 Å². The van der Waals surface area contributed by atoms with Gasteiger partial charge < -0.3 is 18.4 Å². The summed E-state index contributed by atoms with van der Waals surface area (Å²) in [5.41, 5.74) is 0.656. The smallest absolute Gasteiger partial charge is 0.374 e. The Hall–Kier alpha value is -2.66. The van der Waals surface area contributed by atoms with Gasteiger partial charge in [0.15, 0.2) is 5.76 Å². The van der Waals surface area contributed by atoms with Crippen molar-refractivity contribution < 1.29 is 36.4 Å². The number of piperidine rings is 1. The minimum absolute atomic E-state index is 0.000469. The molecule has 1 atom stereocenters. The van der Waals surface area contributed by atoms with E-state index in [9.17, 15) is 18.0 Å². The van der Waals surface area contributed by atoms with E-state index >= 15 is 0 Å². The third-order valence-electron chi connectivity index (χ3n) is 4.77. The van der Waals surface area contributed by atoms with Gasteiger partial charge in [-0.05, 0) is 32.8 Å². The first-order valence-corrected chi connectivity index (χ1v) is 10.4. The average Bonchev–Trinajstić information content (AvgIpc) is 3.31. The number of nitrogens with zero attached hydrogens (tertiary/aromatic N) is 2. The number of esters is 2. The fourth-order valence-corrected chi connectivity index (χ4v) is 5.13. The molecule has 29 heavy (non-hydrogen) atoms. The molecule has 1 fully saturated rings. The van der Waals surface area contributed by atoms with Gasteiger partial charge in [-0.2, -0.15) is 4.31 Å². The molecule has 0 saturated carbocycles. The van der Waals surface area contributed by atoms with Crippen LogP contribution in [0.25, 0.3) is 0 Å². The van der Waals surface area contributed by atoms with Crippen molar-refractivity contribution in [2.75, 3.05) is 20.2 Å². The predicted octanol–water partition coefficient (Wildman–Crippen LogP) is 1.82. The average molecular weight is 426 g/mol. The third-order valence-corrected chi connectivity index (χ3v) is 6.88. The number of rotatable bonds is 6. The zero-order chi connectivity index (χ0) is 21.2. The van der Waals surface area contributed by atoms with Gasteiger partial charge in [-0.25, -0.2) is 13.2 Å². The minimum atomic E-state index is -3.83. The number of hydrogen-bond donors (Lipinski definition) is 0. The Labute approximate surface area is 167 Å². The first kappa shape index (κ1) is 21.1. The van der Waals surface area contributed by atoms with Crippen LogP contribution in [0.4, 0.5) is 0 Å². The van der Waals surface area contributed by atoms with Crippen LogP contribution in [0.1, 0.15) is 40.4 Å². The van der Waals surface area contributed by atoms with E-state index in [1.807, 2.05) is 0 Å². The van der Waals surface area contributed by atoms with Gasteiger partial charge in [-0.15, -0.1) is 0 Å². The molecule has 3 heterocycles. The summed E-state index contributed by atoms with van der Waals surface area (Å²) in [4.78, 5) is 24.2. The monoisotopic (exact) mass is 426 g/mol. The number of hydrogen-bond acceptors (Lipinski definition) is 9. The molecule has 158 valence electrons. The lowest BCUT2D eigenvalue weighted by Gasteiger charge is -2.30. The fourth-order valence-electron chi connectivity index (χ4n) is 3.31. The standard InChI is InChI=1S/C18H22N2O8S/c1-11-16(12(2)28-19-11)29(23,24)20-7-4-5-13(9-20)17(21)27-10-14-6-8-26-15(14)18(22)25-3/h6,8,13H,4-5,7,9-10H2,1-3H3. The Morgan fingerprint density at radius 1 is 1.34 bits per heavy atom. The van der Waals surface area contributed by atoms with Gasteiger partial charge in [0.1, 0.15) is 17.2 Å². The number of carbonyl (C=O) groups is 2. The lowest BCUT2D eigenvalue weighted by atomic mass is 10.00.